The fraction of sp³-hybridized carbons (Fsp3) is 0.562. The fourth-order valence-corrected chi connectivity index (χ4v) is 1.92. The van der Waals surface area contributed by atoms with Gasteiger partial charge in [-0.05, 0) is 51.3 Å². The van der Waals surface area contributed by atoms with Crippen LogP contribution in [0.1, 0.15) is 39.7 Å². The Morgan fingerprint density at radius 3 is 2.35 bits per heavy atom. The van der Waals surface area contributed by atoms with Crippen LogP contribution in [-0.4, -0.2) is 22.8 Å². The summed E-state index contributed by atoms with van der Waals surface area (Å²) >= 11 is 0. The summed E-state index contributed by atoms with van der Waals surface area (Å²) in [6.45, 7) is 7.29. The topological polar surface area (TPSA) is 72.5 Å². The summed E-state index contributed by atoms with van der Waals surface area (Å²) in [6, 6.07) is 7.38. The van der Waals surface area contributed by atoms with Gasteiger partial charge in [-0.1, -0.05) is 19.1 Å². The molecule has 0 aromatic heterocycles. The van der Waals surface area contributed by atoms with Gasteiger partial charge in [0.25, 0.3) is 0 Å². The van der Waals surface area contributed by atoms with Crippen molar-refractivity contribution in [2.75, 3.05) is 5.73 Å². The van der Waals surface area contributed by atoms with E-state index >= 15 is 0 Å². The number of aliphatic hydroxyl groups is 1. The zero-order chi connectivity index (χ0) is 15.3. The highest BCUT2D eigenvalue weighted by Gasteiger charge is 2.23. The van der Waals surface area contributed by atoms with Crippen LogP contribution >= 0.6 is 0 Å². The van der Waals surface area contributed by atoms with Gasteiger partial charge in [0.2, 0.25) is 0 Å². The Labute approximate surface area is 120 Å². The van der Waals surface area contributed by atoms with E-state index in [9.17, 15) is 9.90 Å². The zero-order valence-corrected chi connectivity index (χ0v) is 12.7. The Kier molecular flexibility index (Phi) is 5.57. The first kappa shape index (κ1) is 16.5. The molecule has 0 fully saturated rings. The maximum Gasteiger partial charge on any atom is 0.309 e. The highest BCUT2D eigenvalue weighted by Crippen LogP contribution is 2.17. The van der Waals surface area contributed by atoms with Gasteiger partial charge in [0.1, 0.15) is 5.60 Å². The minimum absolute atomic E-state index is 0.270. The number of carbonyl (C=O) groups excluding carboxylic acids is 1. The first-order valence-corrected chi connectivity index (χ1v) is 6.92. The van der Waals surface area contributed by atoms with Crippen molar-refractivity contribution in [2.24, 2.45) is 5.92 Å². The summed E-state index contributed by atoms with van der Waals surface area (Å²) < 4.78 is 5.30. The lowest BCUT2D eigenvalue weighted by Gasteiger charge is -2.23. The van der Waals surface area contributed by atoms with Crippen LogP contribution in [0.4, 0.5) is 5.69 Å². The van der Waals surface area contributed by atoms with E-state index in [1.807, 2.05) is 32.9 Å². The molecule has 0 heterocycles. The number of ether oxygens (including phenoxy) is 1. The molecular weight excluding hydrogens is 254 g/mol. The van der Waals surface area contributed by atoms with Gasteiger partial charge < -0.3 is 15.6 Å². The van der Waals surface area contributed by atoms with Gasteiger partial charge in [-0.3, -0.25) is 4.79 Å². The van der Waals surface area contributed by atoms with E-state index in [0.717, 1.165) is 5.56 Å². The van der Waals surface area contributed by atoms with E-state index in [4.69, 9.17) is 10.5 Å². The lowest BCUT2D eigenvalue weighted by Crippen LogP contribution is -2.29. The second-order valence-electron chi connectivity index (χ2n) is 6.27. The maximum absolute atomic E-state index is 11.8. The van der Waals surface area contributed by atoms with Gasteiger partial charge in [-0.15, -0.1) is 0 Å². The molecule has 0 bridgehead atoms. The summed E-state index contributed by atoms with van der Waals surface area (Å²) in [5.41, 5.74) is 6.82. The molecule has 0 aliphatic carbocycles. The van der Waals surface area contributed by atoms with Crippen molar-refractivity contribution < 1.29 is 14.6 Å². The number of hydrogen-bond acceptors (Lipinski definition) is 4. The van der Waals surface area contributed by atoms with E-state index in [-0.39, 0.29) is 11.9 Å². The minimum atomic E-state index is -0.568. The highest BCUT2D eigenvalue weighted by molar-refractivity contribution is 5.72. The molecular formula is C16H25NO3. The van der Waals surface area contributed by atoms with Gasteiger partial charge in [-0.2, -0.15) is 0 Å². The van der Waals surface area contributed by atoms with Crippen molar-refractivity contribution in [3.63, 3.8) is 0 Å². The normalized spacial score (nSPS) is 14.7. The highest BCUT2D eigenvalue weighted by atomic mass is 16.6. The molecule has 1 rings (SSSR count). The first-order chi connectivity index (χ1) is 9.17. The van der Waals surface area contributed by atoms with Crippen LogP contribution < -0.4 is 5.73 Å². The standard InChI is InChI=1S/C16H25NO3/c1-11(15(19)20-16(2,3)4)9-14(18)10-12-5-7-13(17)8-6-12/h5-8,11,14,18H,9-10,17H2,1-4H3. The predicted octanol–water partition coefficient (Wildman–Crippen LogP) is 2.54. The average Bonchev–Trinajstić information content (AvgIpc) is 2.29. The van der Waals surface area contributed by atoms with Crippen molar-refractivity contribution in [1.29, 1.82) is 0 Å². The summed E-state index contributed by atoms with van der Waals surface area (Å²) in [5.74, 6) is -0.591. The number of nitrogen functional groups attached to an aromatic ring is 1. The Morgan fingerprint density at radius 2 is 1.85 bits per heavy atom. The Morgan fingerprint density at radius 1 is 1.30 bits per heavy atom. The second-order valence-corrected chi connectivity index (χ2v) is 6.27. The number of nitrogens with two attached hydrogens (primary N) is 1. The Hall–Kier alpha value is -1.55. The van der Waals surface area contributed by atoms with Gasteiger partial charge in [-0.25, -0.2) is 0 Å². The third-order valence-electron chi connectivity index (χ3n) is 2.89. The number of aliphatic hydroxyl groups excluding tert-OH is 1. The molecule has 2 atom stereocenters. The Balaban J connectivity index is 2.47. The minimum Gasteiger partial charge on any atom is -0.460 e. The monoisotopic (exact) mass is 279 g/mol. The molecule has 112 valence electrons. The number of benzene rings is 1. The number of hydrogen-bond donors (Lipinski definition) is 2. The molecule has 0 spiro atoms. The molecule has 1 aromatic rings. The van der Waals surface area contributed by atoms with E-state index in [0.29, 0.717) is 18.5 Å². The molecule has 20 heavy (non-hydrogen) atoms. The largest absolute Gasteiger partial charge is 0.460 e. The van der Waals surface area contributed by atoms with Crippen molar-refractivity contribution in [2.45, 2.75) is 52.2 Å². The zero-order valence-electron chi connectivity index (χ0n) is 12.7. The van der Waals surface area contributed by atoms with Gasteiger partial charge in [0.05, 0.1) is 12.0 Å². The summed E-state index contributed by atoms with van der Waals surface area (Å²) in [5, 5.41) is 10.1. The summed E-state index contributed by atoms with van der Waals surface area (Å²) in [4.78, 5) is 11.8. The fourth-order valence-electron chi connectivity index (χ4n) is 1.92. The quantitative estimate of drug-likeness (QED) is 0.641. The predicted molar refractivity (Wildman–Crippen MR) is 80.2 cm³/mol. The molecule has 0 saturated carbocycles. The lowest BCUT2D eigenvalue weighted by molar-refractivity contribution is -0.160. The second kappa shape index (κ2) is 6.75. The van der Waals surface area contributed by atoms with Crippen LogP contribution in [0, 0.1) is 5.92 Å². The van der Waals surface area contributed by atoms with Crippen molar-refractivity contribution in [3.8, 4) is 0 Å². The maximum atomic E-state index is 11.8. The van der Waals surface area contributed by atoms with E-state index < -0.39 is 11.7 Å². The number of rotatable bonds is 5. The van der Waals surface area contributed by atoms with E-state index in [1.165, 1.54) is 0 Å². The lowest BCUT2D eigenvalue weighted by atomic mass is 9.98. The molecule has 2 unspecified atom stereocenters. The molecule has 1 aromatic carbocycles. The molecule has 0 aliphatic rings. The molecule has 0 saturated heterocycles. The number of anilines is 1. The third-order valence-corrected chi connectivity index (χ3v) is 2.89. The smallest absolute Gasteiger partial charge is 0.309 e. The van der Waals surface area contributed by atoms with Crippen LogP contribution in [0.2, 0.25) is 0 Å². The average molecular weight is 279 g/mol. The van der Waals surface area contributed by atoms with Gasteiger partial charge in [0.15, 0.2) is 0 Å². The molecule has 0 radical (unpaired) electrons. The van der Waals surface area contributed by atoms with Crippen molar-refractivity contribution in [3.05, 3.63) is 29.8 Å². The van der Waals surface area contributed by atoms with Gasteiger partial charge in [0, 0.05) is 5.69 Å². The summed E-state index contributed by atoms with van der Waals surface area (Å²) in [7, 11) is 0. The van der Waals surface area contributed by atoms with Crippen molar-refractivity contribution in [1.82, 2.24) is 0 Å². The van der Waals surface area contributed by atoms with Gasteiger partial charge >= 0.3 is 5.97 Å². The molecule has 0 aliphatic heterocycles. The molecule has 3 N–H and O–H groups in total. The first-order valence-electron chi connectivity index (χ1n) is 6.92. The SMILES string of the molecule is CC(CC(O)Cc1ccc(N)cc1)C(=O)OC(C)(C)C. The van der Waals surface area contributed by atoms with Crippen molar-refractivity contribution >= 4 is 11.7 Å². The van der Waals surface area contributed by atoms with Crippen LogP contribution in [0.15, 0.2) is 24.3 Å². The number of esters is 1. The Bertz CT molecular complexity index is 434. The summed E-state index contributed by atoms with van der Waals surface area (Å²) in [6.07, 6.45) is 0.327. The van der Waals surface area contributed by atoms with Crippen LogP contribution in [0.5, 0.6) is 0 Å². The van der Waals surface area contributed by atoms with Crippen LogP contribution in [-0.2, 0) is 16.0 Å². The van der Waals surface area contributed by atoms with E-state index in [1.54, 1.807) is 19.1 Å². The molecule has 0 amide bonds. The van der Waals surface area contributed by atoms with Crippen LogP contribution in [0.3, 0.4) is 0 Å². The number of carbonyl (C=O) groups is 1. The van der Waals surface area contributed by atoms with E-state index in [2.05, 4.69) is 0 Å². The van der Waals surface area contributed by atoms with Crippen LogP contribution in [0.25, 0.3) is 0 Å². The molecule has 4 heteroatoms. The molecule has 4 nitrogen and oxygen atoms in total. The third kappa shape index (κ3) is 6.06.